The molecule has 4 fully saturated rings. The second-order valence-electron chi connectivity index (χ2n) is 7.16. The quantitative estimate of drug-likeness (QED) is 0.707. The lowest BCUT2D eigenvalue weighted by Gasteiger charge is -2.16. The van der Waals surface area contributed by atoms with E-state index in [0.717, 1.165) is 12.8 Å². The molecule has 114 valence electrons. The van der Waals surface area contributed by atoms with Crippen LogP contribution in [0.1, 0.15) is 18.4 Å². The summed E-state index contributed by atoms with van der Waals surface area (Å²) in [4.78, 5) is 0. The maximum absolute atomic E-state index is 9.23. The third-order valence-corrected chi connectivity index (χ3v) is 6.30. The third kappa shape index (κ3) is 1.64. The molecule has 0 amide bonds. The molecule has 4 saturated carbocycles. The summed E-state index contributed by atoms with van der Waals surface area (Å²) in [5, 5.41) is 21.0. The minimum Gasteiger partial charge on any atom is -0.192 e. The van der Waals surface area contributed by atoms with Crippen LogP contribution >= 0.6 is 0 Å². The summed E-state index contributed by atoms with van der Waals surface area (Å²) in [7, 11) is 0. The highest BCUT2D eigenvalue weighted by atomic mass is 14.6. The van der Waals surface area contributed by atoms with Crippen LogP contribution in [0.2, 0.25) is 0 Å². The second-order valence-corrected chi connectivity index (χ2v) is 7.16. The Hall–Kier alpha value is -2.84. The molecule has 2 aromatic carbocycles. The van der Waals surface area contributed by atoms with E-state index < -0.39 is 0 Å². The molecule has 0 N–H and O–H groups in total. The summed E-state index contributed by atoms with van der Waals surface area (Å²) >= 11 is 0. The molecular weight excluding hydrogens is 292 g/mol. The molecule has 0 spiro atoms. The molecule has 0 aliphatic heterocycles. The van der Waals surface area contributed by atoms with Gasteiger partial charge in [-0.1, -0.05) is 54.1 Å². The van der Waals surface area contributed by atoms with Crippen molar-refractivity contribution in [2.45, 2.75) is 12.8 Å². The van der Waals surface area contributed by atoms with Crippen LogP contribution in [0.5, 0.6) is 0 Å². The predicted octanol–water partition coefficient (Wildman–Crippen LogP) is 4.85. The number of hydrogen-bond donors (Lipinski definition) is 0. The molecule has 2 heteroatoms. The molecular formula is C22H16N2. The van der Waals surface area contributed by atoms with Crippen molar-refractivity contribution in [3.05, 3.63) is 64.7 Å². The summed E-state index contributed by atoms with van der Waals surface area (Å²) in [6.45, 7) is 0. The number of nitriles is 2. The van der Waals surface area contributed by atoms with Gasteiger partial charge >= 0.3 is 0 Å². The van der Waals surface area contributed by atoms with Crippen LogP contribution in [0.25, 0.3) is 16.8 Å². The standard InChI is InChI=1S/C22H16N2/c23-11-15(12-24)22-20-9-18-17(19(20)10-21(18)22)8-14-6-3-5-13-4-1-2-7-16(13)14/h1-8,18-21H,9-10H2. The van der Waals surface area contributed by atoms with Crippen LogP contribution in [0.3, 0.4) is 0 Å². The molecule has 2 nitrogen and oxygen atoms in total. The molecule has 4 unspecified atom stereocenters. The Morgan fingerprint density at radius 2 is 1.54 bits per heavy atom. The number of nitrogens with zero attached hydrogens (tertiary/aromatic N) is 2. The molecule has 0 heterocycles. The number of rotatable bonds is 1. The summed E-state index contributed by atoms with van der Waals surface area (Å²) in [6, 6.07) is 19.3. The van der Waals surface area contributed by atoms with Crippen molar-refractivity contribution < 1.29 is 0 Å². The van der Waals surface area contributed by atoms with Crippen molar-refractivity contribution in [2.24, 2.45) is 23.7 Å². The van der Waals surface area contributed by atoms with E-state index in [1.54, 1.807) is 5.57 Å². The average Bonchev–Trinajstić information content (AvgIpc) is 3.34. The predicted molar refractivity (Wildman–Crippen MR) is 93.4 cm³/mol. The van der Waals surface area contributed by atoms with Gasteiger partial charge in [-0.15, -0.1) is 0 Å². The number of benzene rings is 2. The first-order valence-corrected chi connectivity index (χ1v) is 8.55. The maximum Gasteiger partial charge on any atom is 0.129 e. The van der Waals surface area contributed by atoms with Crippen molar-refractivity contribution in [2.75, 3.05) is 0 Å². The Kier molecular flexibility index (Phi) is 2.73. The van der Waals surface area contributed by atoms with Gasteiger partial charge in [-0.3, -0.25) is 0 Å². The molecule has 4 bridgehead atoms. The topological polar surface area (TPSA) is 47.6 Å². The van der Waals surface area contributed by atoms with Crippen LogP contribution < -0.4 is 0 Å². The second kappa shape index (κ2) is 4.83. The molecule has 4 aliphatic carbocycles. The van der Waals surface area contributed by atoms with Gasteiger partial charge < -0.3 is 0 Å². The first-order chi connectivity index (χ1) is 11.8. The molecule has 4 atom stereocenters. The van der Waals surface area contributed by atoms with Crippen molar-refractivity contribution in [1.82, 2.24) is 0 Å². The minimum atomic E-state index is 0.388. The highest BCUT2D eigenvalue weighted by molar-refractivity contribution is 5.91. The minimum absolute atomic E-state index is 0.388. The van der Waals surface area contributed by atoms with E-state index in [-0.39, 0.29) is 0 Å². The van der Waals surface area contributed by atoms with E-state index in [4.69, 9.17) is 0 Å². The van der Waals surface area contributed by atoms with Gasteiger partial charge in [-0.05, 0) is 58.4 Å². The van der Waals surface area contributed by atoms with Crippen molar-refractivity contribution >= 4 is 16.8 Å². The summed E-state index contributed by atoms with van der Waals surface area (Å²) in [5.41, 5.74) is 4.41. The largest absolute Gasteiger partial charge is 0.192 e. The smallest absolute Gasteiger partial charge is 0.129 e. The van der Waals surface area contributed by atoms with E-state index in [9.17, 15) is 10.5 Å². The fraction of sp³-hybridized carbons (Fsp3) is 0.273. The van der Waals surface area contributed by atoms with Crippen LogP contribution in [0, 0.1) is 46.3 Å². The molecule has 0 saturated heterocycles. The highest BCUT2D eigenvalue weighted by Crippen LogP contribution is 2.69. The fourth-order valence-corrected chi connectivity index (χ4v) is 5.47. The zero-order chi connectivity index (χ0) is 16.3. The number of hydrogen-bond acceptors (Lipinski definition) is 2. The Morgan fingerprint density at radius 1 is 0.875 bits per heavy atom. The van der Waals surface area contributed by atoms with E-state index in [2.05, 4.69) is 60.7 Å². The van der Waals surface area contributed by atoms with Crippen molar-refractivity contribution in [3.8, 4) is 12.1 Å². The number of allylic oxidation sites excluding steroid dienone is 3. The molecule has 6 rings (SSSR count). The van der Waals surface area contributed by atoms with E-state index in [1.807, 2.05) is 0 Å². The Bertz CT molecular complexity index is 969. The zero-order valence-corrected chi connectivity index (χ0v) is 13.2. The lowest BCUT2D eigenvalue weighted by atomic mass is 9.87. The van der Waals surface area contributed by atoms with E-state index >= 15 is 0 Å². The third-order valence-electron chi connectivity index (χ3n) is 6.30. The van der Waals surface area contributed by atoms with E-state index in [0.29, 0.717) is 29.2 Å². The van der Waals surface area contributed by atoms with Crippen LogP contribution in [-0.2, 0) is 0 Å². The SMILES string of the molecule is N#CC(C#N)=C1C2CC3C(=Cc4cccc5ccccc45)C2CC13. The summed E-state index contributed by atoms with van der Waals surface area (Å²) < 4.78 is 0. The van der Waals surface area contributed by atoms with Gasteiger partial charge in [0.2, 0.25) is 0 Å². The van der Waals surface area contributed by atoms with Crippen LogP contribution in [0.4, 0.5) is 0 Å². The molecule has 4 aliphatic rings. The average molecular weight is 308 g/mol. The Balaban J connectivity index is 1.59. The number of fused-ring (bicyclic) bond motifs is 1. The lowest BCUT2D eigenvalue weighted by Crippen LogP contribution is -2.07. The molecule has 0 aromatic heterocycles. The Labute approximate surface area is 141 Å². The monoisotopic (exact) mass is 308 g/mol. The first kappa shape index (κ1) is 13.6. The maximum atomic E-state index is 9.23. The summed E-state index contributed by atoms with van der Waals surface area (Å²) in [5.74, 6) is 1.97. The van der Waals surface area contributed by atoms with Gasteiger partial charge in [0, 0.05) is 0 Å². The van der Waals surface area contributed by atoms with Gasteiger partial charge in [0.05, 0.1) is 0 Å². The Morgan fingerprint density at radius 3 is 2.25 bits per heavy atom. The zero-order valence-electron chi connectivity index (χ0n) is 13.2. The van der Waals surface area contributed by atoms with Crippen LogP contribution in [-0.4, -0.2) is 0 Å². The molecule has 2 aromatic rings. The first-order valence-electron chi connectivity index (χ1n) is 8.55. The molecule has 24 heavy (non-hydrogen) atoms. The lowest BCUT2D eigenvalue weighted by molar-refractivity contribution is 0.457. The van der Waals surface area contributed by atoms with E-state index in [1.165, 1.54) is 21.9 Å². The summed E-state index contributed by atoms with van der Waals surface area (Å²) in [6.07, 6.45) is 4.66. The highest BCUT2D eigenvalue weighted by Gasteiger charge is 2.60. The van der Waals surface area contributed by atoms with Crippen molar-refractivity contribution in [3.63, 3.8) is 0 Å². The van der Waals surface area contributed by atoms with Gasteiger partial charge in [0.1, 0.15) is 17.7 Å². The fourth-order valence-electron chi connectivity index (χ4n) is 5.47. The molecule has 0 radical (unpaired) electrons. The van der Waals surface area contributed by atoms with Crippen molar-refractivity contribution in [1.29, 1.82) is 10.5 Å². The normalized spacial score (nSPS) is 29.1. The van der Waals surface area contributed by atoms with Gasteiger partial charge in [-0.25, -0.2) is 0 Å². The van der Waals surface area contributed by atoms with Gasteiger partial charge in [0.15, 0.2) is 0 Å². The van der Waals surface area contributed by atoms with Gasteiger partial charge in [-0.2, -0.15) is 10.5 Å². The van der Waals surface area contributed by atoms with Gasteiger partial charge in [0.25, 0.3) is 0 Å². The van der Waals surface area contributed by atoms with Crippen LogP contribution in [0.15, 0.2) is 59.2 Å².